The Kier molecular flexibility index (Phi) is 5.96. The van der Waals surface area contributed by atoms with Crippen molar-refractivity contribution in [2.75, 3.05) is 6.54 Å². The fourth-order valence-corrected chi connectivity index (χ4v) is 4.24. The van der Waals surface area contributed by atoms with Crippen molar-refractivity contribution in [2.45, 2.75) is 20.1 Å². The van der Waals surface area contributed by atoms with Crippen LogP contribution < -0.4 is 4.90 Å². The molecule has 0 amide bonds. The van der Waals surface area contributed by atoms with Gasteiger partial charge in [-0.05, 0) is 43.4 Å². The minimum atomic E-state index is 0.672. The number of rotatable bonds is 6. The SMILES string of the molecule is CC[NH+](Cc1ccc(Cl)s1)Cn1nc(-c2ccccc2Cl)n(C)c1=S. The molecular weight excluding hydrogens is 395 g/mol. The molecule has 0 aliphatic carbocycles. The highest BCUT2D eigenvalue weighted by atomic mass is 35.5. The summed E-state index contributed by atoms with van der Waals surface area (Å²) in [6.45, 7) is 4.72. The molecule has 0 saturated carbocycles. The Morgan fingerprint density at radius 1 is 1.20 bits per heavy atom. The highest BCUT2D eigenvalue weighted by molar-refractivity contribution is 7.71. The number of hydrogen-bond acceptors (Lipinski definition) is 3. The molecule has 0 aliphatic rings. The van der Waals surface area contributed by atoms with Crippen LogP contribution in [0.1, 0.15) is 11.8 Å². The molecule has 0 aliphatic heterocycles. The molecular formula is C17H19Cl2N4S2+. The van der Waals surface area contributed by atoms with Crippen LogP contribution in [0.25, 0.3) is 11.4 Å². The second kappa shape index (κ2) is 8.01. The monoisotopic (exact) mass is 413 g/mol. The van der Waals surface area contributed by atoms with E-state index in [1.54, 1.807) is 11.3 Å². The summed E-state index contributed by atoms with van der Waals surface area (Å²) >= 11 is 19.6. The summed E-state index contributed by atoms with van der Waals surface area (Å²) in [5.74, 6) is 0.783. The summed E-state index contributed by atoms with van der Waals surface area (Å²) < 4.78 is 5.29. The number of hydrogen-bond donors (Lipinski definition) is 1. The van der Waals surface area contributed by atoms with E-state index in [9.17, 15) is 0 Å². The second-order valence-corrected chi connectivity index (χ2v) is 8.36. The third-order valence-corrected chi connectivity index (χ3v) is 6.13. The Hall–Kier alpha value is -1.18. The molecule has 2 aromatic heterocycles. The van der Waals surface area contributed by atoms with E-state index in [4.69, 9.17) is 40.5 Å². The first-order chi connectivity index (χ1) is 12.0. The van der Waals surface area contributed by atoms with E-state index in [0.29, 0.717) is 16.5 Å². The van der Waals surface area contributed by atoms with Crippen LogP contribution in [0.3, 0.4) is 0 Å². The summed E-state index contributed by atoms with van der Waals surface area (Å²) in [5, 5.41) is 5.39. The average Bonchev–Trinajstić information content (AvgIpc) is 3.13. The van der Waals surface area contributed by atoms with E-state index in [1.807, 2.05) is 46.6 Å². The molecule has 132 valence electrons. The first-order valence-electron chi connectivity index (χ1n) is 7.96. The highest BCUT2D eigenvalue weighted by Crippen LogP contribution is 2.25. The van der Waals surface area contributed by atoms with Crippen LogP contribution >= 0.6 is 46.8 Å². The molecule has 8 heteroatoms. The fourth-order valence-electron chi connectivity index (χ4n) is 2.67. The predicted octanol–water partition coefficient (Wildman–Crippen LogP) is 4.05. The van der Waals surface area contributed by atoms with Crippen LogP contribution in [0, 0.1) is 4.77 Å². The Morgan fingerprint density at radius 3 is 2.60 bits per heavy atom. The molecule has 1 atom stereocenters. The zero-order chi connectivity index (χ0) is 18.0. The molecule has 1 N–H and O–H groups in total. The lowest BCUT2D eigenvalue weighted by atomic mass is 10.2. The first-order valence-corrected chi connectivity index (χ1v) is 9.94. The van der Waals surface area contributed by atoms with Crippen molar-refractivity contribution in [2.24, 2.45) is 7.05 Å². The maximum absolute atomic E-state index is 6.32. The number of nitrogens with zero attached hydrogens (tertiary/aromatic N) is 3. The fraction of sp³-hybridized carbons (Fsp3) is 0.294. The Balaban J connectivity index is 1.86. The normalized spacial score (nSPS) is 12.5. The van der Waals surface area contributed by atoms with E-state index in [-0.39, 0.29) is 0 Å². The molecule has 0 fully saturated rings. The van der Waals surface area contributed by atoms with Crippen molar-refractivity contribution < 1.29 is 4.90 Å². The molecule has 3 aromatic rings. The molecule has 0 radical (unpaired) electrons. The quantitative estimate of drug-likeness (QED) is 0.617. The van der Waals surface area contributed by atoms with Gasteiger partial charge in [0.2, 0.25) is 4.77 Å². The molecule has 1 unspecified atom stereocenters. The van der Waals surface area contributed by atoms with Crippen molar-refractivity contribution in [1.82, 2.24) is 14.3 Å². The van der Waals surface area contributed by atoms with Gasteiger partial charge in [0.05, 0.1) is 20.8 Å². The largest absolute Gasteiger partial charge is 0.312 e. The van der Waals surface area contributed by atoms with Gasteiger partial charge in [-0.15, -0.1) is 16.4 Å². The third kappa shape index (κ3) is 4.15. The number of nitrogens with one attached hydrogen (secondary N) is 1. The van der Waals surface area contributed by atoms with Crippen LogP contribution in [-0.4, -0.2) is 20.9 Å². The van der Waals surface area contributed by atoms with Crippen molar-refractivity contribution >= 4 is 46.8 Å². The van der Waals surface area contributed by atoms with Crippen molar-refractivity contribution in [3.05, 3.63) is 55.4 Å². The Morgan fingerprint density at radius 2 is 1.96 bits per heavy atom. The van der Waals surface area contributed by atoms with Crippen molar-refractivity contribution in [3.63, 3.8) is 0 Å². The van der Waals surface area contributed by atoms with Crippen LogP contribution in [0.2, 0.25) is 9.36 Å². The lowest BCUT2D eigenvalue weighted by molar-refractivity contribution is -0.935. The van der Waals surface area contributed by atoms with E-state index in [2.05, 4.69) is 13.0 Å². The van der Waals surface area contributed by atoms with Crippen molar-refractivity contribution in [1.29, 1.82) is 0 Å². The van der Waals surface area contributed by atoms with Gasteiger partial charge in [-0.3, -0.25) is 0 Å². The highest BCUT2D eigenvalue weighted by Gasteiger charge is 2.16. The molecule has 2 heterocycles. The van der Waals surface area contributed by atoms with Crippen LogP contribution in [-0.2, 0) is 20.3 Å². The first kappa shape index (κ1) is 18.6. The minimum Gasteiger partial charge on any atom is -0.312 e. The number of halogens is 2. The van der Waals surface area contributed by atoms with Gasteiger partial charge in [-0.2, -0.15) is 4.68 Å². The third-order valence-electron chi connectivity index (χ3n) is 4.08. The molecule has 1 aromatic carbocycles. The van der Waals surface area contributed by atoms with Crippen molar-refractivity contribution in [3.8, 4) is 11.4 Å². The standard InChI is InChI=1S/C17H18Cl2N4S2/c1-3-22(10-12-8-9-15(19)25-12)11-23-17(24)21(2)16(20-23)13-6-4-5-7-14(13)18/h4-9H,3,10-11H2,1-2H3/p+1. The topological polar surface area (TPSA) is 27.2 Å². The second-order valence-electron chi connectivity index (χ2n) is 5.79. The molecule has 0 spiro atoms. The van der Waals surface area contributed by atoms with Gasteiger partial charge in [-0.1, -0.05) is 35.3 Å². The summed E-state index contributed by atoms with van der Waals surface area (Å²) in [7, 11) is 1.93. The average molecular weight is 414 g/mol. The van der Waals surface area contributed by atoms with Crippen LogP contribution in [0.15, 0.2) is 36.4 Å². The molecule has 0 bridgehead atoms. The maximum atomic E-state index is 6.32. The number of aromatic nitrogens is 3. The minimum absolute atomic E-state index is 0.672. The van der Waals surface area contributed by atoms with Gasteiger partial charge in [-0.25, -0.2) is 0 Å². The van der Waals surface area contributed by atoms with E-state index >= 15 is 0 Å². The van der Waals surface area contributed by atoms with Gasteiger partial charge in [0, 0.05) is 12.6 Å². The van der Waals surface area contributed by atoms with Gasteiger partial charge < -0.3 is 9.47 Å². The summed E-state index contributed by atoms with van der Waals surface area (Å²) in [4.78, 5) is 2.62. The van der Waals surface area contributed by atoms with Crippen LogP contribution in [0.5, 0.6) is 0 Å². The zero-order valence-corrected chi connectivity index (χ0v) is 17.1. The van der Waals surface area contributed by atoms with Gasteiger partial charge in [0.25, 0.3) is 0 Å². The Bertz CT molecular complexity index is 929. The molecule has 25 heavy (non-hydrogen) atoms. The Labute approximate surface area is 166 Å². The lowest BCUT2D eigenvalue weighted by Crippen LogP contribution is -3.09. The van der Waals surface area contributed by atoms with Gasteiger partial charge in [0.1, 0.15) is 6.54 Å². The predicted molar refractivity (Wildman–Crippen MR) is 107 cm³/mol. The van der Waals surface area contributed by atoms with E-state index in [0.717, 1.165) is 28.8 Å². The molecule has 3 rings (SSSR count). The number of quaternary nitrogens is 1. The maximum Gasteiger partial charge on any atom is 0.202 e. The summed E-state index contributed by atoms with van der Waals surface area (Å²) in [5.41, 5.74) is 0.889. The smallest absolute Gasteiger partial charge is 0.202 e. The molecule has 4 nitrogen and oxygen atoms in total. The summed E-state index contributed by atoms with van der Waals surface area (Å²) in [6.07, 6.45) is 0. The molecule has 0 saturated heterocycles. The van der Waals surface area contributed by atoms with Gasteiger partial charge >= 0.3 is 0 Å². The number of thiophene rings is 1. The van der Waals surface area contributed by atoms with Gasteiger partial charge in [0.15, 0.2) is 12.5 Å². The lowest BCUT2D eigenvalue weighted by Gasteiger charge is -2.16. The van der Waals surface area contributed by atoms with E-state index < -0.39 is 0 Å². The zero-order valence-electron chi connectivity index (χ0n) is 14.0. The number of benzene rings is 1. The van der Waals surface area contributed by atoms with Crippen LogP contribution in [0.4, 0.5) is 0 Å². The van der Waals surface area contributed by atoms with E-state index in [1.165, 1.54) is 9.78 Å². The summed E-state index contributed by atoms with van der Waals surface area (Å²) in [6, 6.07) is 11.7.